The van der Waals surface area contributed by atoms with E-state index in [0.717, 1.165) is 31.9 Å². The summed E-state index contributed by atoms with van der Waals surface area (Å²) in [5, 5.41) is 0. The smallest absolute Gasteiger partial charge is 0.320 e. The zero-order valence-electron chi connectivity index (χ0n) is 12.4. The second kappa shape index (κ2) is 7.66. The lowest BCUT2D eigenvalue weighted by molar-refractivity contribution is -0.140. The first-order chi connectivity index (χ1) is 10.1. The lowest BCUT2D eigenvalue weighted by Gasteiger charge is -2.36. The van der Waals surface area contributed by atoms with Gasteiger partial charge < -0.3 is 14.4 Å². The summed E-state index contributed by atoms with van der Waals surface area (Å²) in [5.41, 5.74) is 1.21. The monoisotopic (exact) mass is 356 g/mol. The molecule has 1 aliphatic rings. The lowest BCUT2D eigenvalue weighted by Crippen LogP contribution is -2.48. The molecular weight excluding hydrogens is 336 g/mol. The van der Waals surface area contributed by atoms with Gasteiger partial charge in [-0.3, -0.25) is 9.69 Å². The van der Waals surface area contributed by atoms with Crippen molar-refractivity contribution in [3.8, 4) is 5.75 Å². The third-order valence-corrected chi connectivity index (χ3v) is 4.35. The van der Waals surface area contributed by atoms with E-state index in [-0.39, 0.29) is 10.8 Å². The molecular formula is C15H21BrN2O3. The largest absolute Gasteiger partial charge is 0.497 e. The number of ether oxygens (including phenoxy) is 2. The Balaban J connectivity index is 1.83. The van der Waals surface area contributed by atoms with Crippen LogP contribution in [0.2, 0.25) is 0 Å². The number of anilines is 1. The van der Waals surface area contributed by atoms with Crippen LogP contribution in [0.3, 0.4) is 0 Å². The minimum Gasteiger partial charge on any atom is -0.497 e. The van der Waals surface area contributed by atoms with Crippen molar-refractivity contribution in [1.29, 1.82) is 0 Å². The van der Waals surface area contributed by atoms with Crippen LogP contribution in [-0.4, -0.2) is 62.6 Å². The number of carbonyl (C=O) groups is 1. The van der Waals surface area contributed by atoms with Crippen molar-refractivity contribution in [3.63, 3.8) is 0 Å². The van der Waals surface area contributed by atoms with Gasteiger partial charge in [-0.1, -0.05) is 15.9 Å². The number of esters is 1. The Hall–Kier alpha value is -1.27. The van der Waals surface area contributed by atoms with Crippen LogP contribution in [0.5, 0.6) is 5.75 Å². The number of benzene rings is 1. The van der Waals surface area contributed by atoms with Crippen LogP contribution in [0.15, 0.2) is 24.3 Å². The van der Waals surface area contributed by atoms with Crippen molar-refractivity contribution in [3.05, 3.63) is 24.3 Å². The standard InChI is InChI=1S/C15H21BrN2O3/c1-20-13-5-3-12(4-6-13)18-9-7-17(8-10-18)11-14(16)15(19)21-2/h3-6,14H,7-11H2,1-2H3. The first-order valence-corrected chi connectivity index (χ1v) is 7.89. The van der Waals surface area contributed by atoms with E-state index in [1.165, 1.54) is 12.8 Å². The minimum atomic E-state index is -0.255. The third kappa shape index (κ3) is 4.35. The van der Waals surface area contributed by atoms with Crippen molar-refractivity contribution in [1.82, 2.24) is 4.90 Å². The van der Waals surface area contributed by atoms with E-state index in [1.54, 1.807) is 7.11 Å². The average molecular weight is 357 g/mol. The topological polar surface area (TPSA) is 42.0 Å². The molecule has 0 aromatic heterocycles. The van der Waals surface area contributed by atoms with E-state index in [9.17, 15) is 4.79 Å². The summed E-state index contributed by atoms with van der Waals surface area (Å²) in [6.07, 6.45) is 0. The molecule has 5 nitrogen and oxygen atoms in total. The van der Waals surface area contributed by atoms with Gasteiger partial charge in [0, 0.05) is 38.4 Å². The van der Waals surface area contributed by atoms with E-state index in [0.29, 0.717) is 6.54 Å². The van der Waals surface area contributed by atoms with Crippen LogP contribution in [-0.2, 0) is 9.53 Å². The fraction of sp³-hybridized carbons (Fsp3) is 0.533. The molecule has 21 heavy (non-hydrogen) atoms. The SMILES string of the molecule is COC(=O)C(Br)CN1CCN(c2ccc(OC)cc2)CC1. The molecule has 1 aromatic carbocycles. The van der Waals surface area contributed by atoms with Crippen molar-refractivity contribution in [2.24, 2.45) is 0 Å². The summed E-state index contributed by atoms with van der Waals surface area (Å²) in [6.45, 7) is 4.46. The van der Waals surface area contributed by atoms with Gasteiger partial charge in [0.25, 0.3) is 0 Å². The second-order valence-electron chi connectivity index (χ2n) is 4.98. The third-order valence-electron chi connectivity index (χ3n) is 3.69. The molecule has 0 bridgehead atoms. The molecule has 0 spiro atoms. The lowest BCUT2D eigenvalue weighted by atomic mass is 10.2. The van der Waals surface area contributed by atoms with E-state index in [4.69, 9.17) is 9.47 Å². The van der Waals surface area contributed by atoms with Crippen LogP contribution in [0.4, 0.5) is 5.69 Å². The molecule has 1 saturated heterocycles. The predicted molar refractivity (Wildman–Crippen MR) is 86.4 cm³/mol. The van der Waals surface area contributed by atoms with E-state index >= 15 is 0 Å². The summed E-state index contributed by atoms with van der Waals surface area (Å²) in [6, 6.07) is 8.12. The number of hydrogen-bond donors (Lipinski definition) is 0. The van der Waals surface area contributed by atoms with Crippen LogP contribution < -0.4 is 9.64 Å². The first kappa shape index (κ1) is 16.1. The molecule has 1 aromatic rings. The molecule has 0 saturated carbocycles. The number of hydrogen-bond acceptors (Lipinski definition) is 5. The van der Waals surface area contributed by atoms with Gasteiger partial charge in [0.05, 0.1) is 14.2 Å². The van der Waals surface area contributed by atoms with Crippen molar-refractivity contribution in [2.75, 3.05) is 51.8 Å². The molecule has 1 heterocycles. The van der Waals surface area contributed by atoms with Gasteiger partial charge in [-0.15, -0.1) is 0 Å². The zero-order chi connectivity index (χ0) is 15.2. The average Bonchev–Trinajstić information content (AvgIpc) is 2.55. The van der Waals surface area contributed by atoms with Gasteiger partial charge in [0.1, 0.15) is 10.6 Å². The normalized spacial score (nSPS) is 17.4. The molecule has 0 radical (unpaired) electrons. The first-order valence-electron chi connectivity index (χ1n) is 6.97. The summed E-state index contributed by atoms with van der Waals surface area (Å²) in [4.78, 5) is 15.8. The Morgan fingerprint density at radius 1 is 1.19 bits per heavy atom. The van der Waals surface area contributed by atoms with Gasteiger partial charge in [0.2, 0.25) is 0 Å². The molecule has 1 atom stereocenters. The number of alkyl halides is 1. The molecule has 0 aliphatic carbocycles. The number of piperazine rings is 1. The number of halogens is 1. The van der Waals surface area contributed by atoms with Crippen molar-refractivity contribution < 1.29 is 14.3 Å². The Bertz CT molecular complexity index is 458. The highest BCUT2D eigenvalue weighted by atomic mass is 79.9. The van der Waals surface area contributed by atoms with E-state index in [2.05, 4.69) is 37.9 Å². The number of rotatable bonds is 5. The van der Waals surface area contributed by atoms with Crippen LogP contribution >= 0.6 is 15.9 Å². The van der Waals surface area contributed by atoms with Gasteiger partial charge in [-0.2, -0.15) is 0 Å². The molecule has 0 amide bonds. The molecule has 116 valence electrons. The fourth-order valence-corrected chi connectivity index (χ4v) is 3.01. The minimum absolute atomic E-state index is 0.215. The Kier molecular flexibility index (Phi) is 5.87. The quantitative estimate of drug-likeness (QED) is 0.593. The summed E-state index contributed by atoms with van der Waals surface area (Å²) in [7, 11) is 3.09. The summed E-state index contributed by atoms with van der Waals surface area (Å²) in [5.74, 6) is 0.658. The summed E-state index contributed by atoms with van der Waals surface area (Å²) < 4.78 is 9.91. The fourth-order valence-electron chi connectivity index (χ4n) is 2.41. The van der Waals surface area contributed by atoms with Crippen LogP contribution in [0, 0.1) is 0 Å². The highest BCUT2D eigenvalue weighted by Crippen LogP contribution is 2.20. The number of methoxy groups -OCH3 is 2. The van der Waals surface area contributed by atoms with Crippen LogP contribution in [0.25, 0.3) is 0 Å². The highest BCUT2D eigenvalue weighted by Gasteiger charge is 2.23. The zero-order valence-corrected chi connectivity index (χ0v) is 14.0. The van der Waals surface area contributed by atoms with Gasteiger partial charge in [-0.05, 0) is 24.3 Å². The number of nitrogens with zero attached hydrogens (tertiary/aromatic N) is 2. The number of carbonyl (C=O) groups excluding carboxylic acids is 1. The molecule has 1 unspecified atom stereocenters. The van der Waals surface area contributed by atoms with Gasteiger partial charge >= 0.3 is 5.97 Å². The maximum Gasteiger partial charge on any atom is 0.320 e. The second-order valence-corrected chi connectivity index (χ2v) is 6.08. The van der Waals surface area contributed by atoms with Crippen molar-refractivity contribution in [2.45, 2.75) is 4.83 Å². The van der Waals surface area contributed by atoms with Gasteiger partial charge in [0.15, 0.2) is 0 Å². The Labute approximate surface area is 133 Å². The highest BCUT2D eigenvalue weighted by molar-refractivity contribution is 9.10. The van der Waals surface area contributed by atoms with Crippen LogP contribution in [0.1, 0.15) is 0 Å². The Morgan fingerprint density at radius 3 is 2.33 bits per heavy atom. The predicted octanol–water partition coefficient (Wildman–Crippen LogP) is 1.75. The van der Waals surface area contributed by atoms with E-state index < -0.39 is 0 Å². The summed E-state index contributed by atoms with van der Waals surface area (Å²) >= 11 is 3.37. The Morgan fingerprint density at radius 2 is 1.81 bits per heavy atom. The molecule has 1 fully saturated rings. The van der Waals surface area contributed by atoms with Gasteiger partial charge in [-0.25, -0.2) is 0 Å². The molecule has 1 aliphatic heterocycles. The molecule has 2 rings (SSSR count). The van der Waals surface area contributed by atoms with Crippen molar-refractivity contribution >= 4 is 27.6 Å². The maximum absolute atomic E-state index is 11.4. The van der Waals surface area contributed by atoms with E-state index in [1.807, 2.05) is 12.1 Å². The maximum atomic E-state index is 11.4. The molecule has 6 heteroatoms. The molecule has 0 N–H and O–H groups in total.